The summed E-state index contributed by atoms with van der Waals surface area (Å²) in [5.74, 6) is -27.3. The second-order valence-corrected chi connectivity index (χ2v) is 29.9. The molecule has 24 N–H and O–H groups in total. The highest BCUT2D eigenvalue weighted by Gasteiger charge is 2.47. The van der Waals surface area contributed by atoms with Crippen molar-refractivity contribution in [3.05, 3.63) is 0 Å². The third-order valence-corrected chi connectivity index (χ3v) is 20.0. The molecular weight excluding hydrogens is 1460 g/mol. The number of rotatable bonds is 37. The number of likely N-dealkylation sites (N-methyl/N-ethyl adjacent to an activating group) is 2. The number of hydrogen-bond donors (Lipinski definition) is 19. The van der Waals surface area contributed by atoms with Gasteiger partial charge in [0.1, 0.15) is 66.6 Å². The van der Waals surface area contributed by atoms with Gasteiger partial charge in [-0.25, -0.2) is 4.79 Å². The minimum Gasteiger partial charge on any atom is -0.458 e. The van der Waals surface area contributed by atoms with Gasteiger partial charge in [-0.3, -0.25) is 76.7 Å². The Kier molecular flexibility index (Phi) is 42.4. The molecule has 0 bridgehead atoms. The number of carbonyl (C=O) groups is 17. The van der Waals surface area contributed by atoms with Crippen LogP contribution in [0.2, 0.25) is 0 Å². The van der Waals surface area contributed by atoms with E-state index in [0.29, 0.717) is 17.7 Å². The van der Waals surface area contributed by atoms with Gasteiger partial charge in [0, 0.05) is 47.0 Å². The van der Waals surface area contributed by atoms with Gasteiger partial charge in [-0.2, -0.15) is 0 Å². The smallest absolute Gasteiger partial charge is 0.329 e. The Balaban J connectivity index is 4.50. The van der Waals surface area contributed by atoms with Crippen LogP contribution in [0.15, 0.2) is 0 Å². The van der Waals surface area contributed by atoms with Crippen LogP contribution in [0, 0.1) is 47.3 Å². The van der Waals surface area contributed by atoms with E-state index >= 15 is 9.59 Å². The molecule has 0 aromatic heterocycles. The van der Waals surface area contributed by atoms with E-state index < -0.39 is 258 Å². The van der Waals surface area contributed by atoms with Crippen LogP contribution in [0.4, 0.5) is 0 Å². The summed E-state index contributed by atoms with van der Waals surface area (Å²) in [4.78, 5) is 241. The van der Waals surface area contributed by atoms with E-state index in [1.54, 1.807) is 34.6 Å². The first kappa shape index (κ1) is 99.8. The molecule has 0 saturated carbocycles. The fourth-order valence-electron chi connectivity index (χ4n) is 12.2. The number of nitrogens with one attached hydrogen (secondary N) is 10. The molecule has 1 aliphatic heterocycles. The molecule has 0 aromatic rings. The normalized spacial score (nSPS) is 24.3. The minimum atomic E-state index is -2.62. The standard InChI is InChI=1S/C71H125N17O23/c1-19-32(7)27-34(9)53(92)37(12)60(98)80-43(29-77-40(15)90)62(100)81-47(31(5)6)54(93)55(94)68(106)82-48(35(10)36(11)57(74)95)64(102)84-50-39(14)111-71(109)45(26-30(3)4)88(17)70(108)52(58(75)96)86-67(105)51(56(110-18)59(76)97)85-63(101)44(23-24-46(73)91)87(16)69(107)42(28-33(8)20-2)79-61(99)41(22-21-25-72)78-65(103)49(38(13)89)83-66(50)104/h30-39,41-45,47-56,89,92-94H,19-29,72H2,1-18H3,(H2,73,91)(H2,74,95)(H2,75,96)(H2,76,97)(H,77,90)(H,78,103)(H,79,99)(H,80,98)(H,81,100)(H,82,106)(H,83,104)(H,84,102)(H,85,101)(H,86,105). The molecule has 1 rings (SSSR count). The lowest BCUT2D eigenvalue weighted by Gasteiger charge is -2.35. The summed E-state index contributed by atoms with van der Waals surface area (Å²) in [6.45, 7) is 21.6. The molecule has 0 aliphatic carbocycles. The Labute approximate surface area is 647 Å². The first-order valence-corrected chi connectivity index (χ1v) is 37.3. The molecule has 111 heavy (non-hydrogen) atoms. The van der Waals surface area contributed by atoms with Crippen molar-refractivity contribution in [3.63, 3.8) is 0 Å². The number of cyclic esters (lactones) is 1. The SMILES string of the molecule is CCC(C)CC1NC(=O)C(CCCN)NC(=O)C(C(C)O)NC(=O)C(NC(=O)C(NC(=O)C(O)C(O)C(NC(=O)C(CNC(C)=O)NC(=O)C(C)C(O)C(C)CC(C)CC)C(C)C)C(C)C(C)C(N)=O)C(C)OC(=O)C(CC(C)C)N(C)C(=O)C(C(N)=O)NC(=O)C(C(OC)C(N)=O)NC(=O)C(CCC(N)=O)N(C)C1=O. The Bertz CT molecular complexity index is 3240. The summed E-state index contributed by atoms with van der Waals surface area (Å²) in [6, 6.07) is -21.6. The van der Waals surface area contributed by atoms with Crippen LogP contribution in [-0.4, -0.2) is 268 Å². The molecule has 16 amide bonds. The number of esters is 1. The predicted molar refractivity (Wildman–Crippen MR) is 399 cm³/mol. The topological polar surface area (TPSA) is 646 Å². The van der Waals surface area contributed by atoms with E-state index in [2.05, 4.69) is 47.9 Å². The summed E-state index contributed by atoms with van der Waals surface area (Å²) < 4.78 is 11.1. The first-order chi connectivity index (χ1) is 51.5. The highest BCUT2D eigenvalue weighted by Crippen LogP contribution is 2.25. The summed E-state index contributed by atoms with van der Waals surface area (Å²) in [7, 11) is 2.92. The molecule has 1 fully saturated rings. The zero-order valence-corrected chi connectivity index (χ0v) is 67.0. The monoisotopic (exact) mass is 1580 g/mol. The van der Waals surface area contributed by atoms with E-state index in [-0.39, 0.29) is 44.1 Å². The number of carbonyl (C=O) groups excluding carboxylic acids is 17. The molecule has 1 saturated heterocycles. The number of methoxy groups -OCH3 is 1. The number of nitrogens with zero attached hydrogens (tertiary/aromatic N) is 2. The van der Waals surface area contributed by atoms with Crippen molar-refractivity contribution in [1.29, 1.82) is 0 Å². The third-order valence-electron chi connectivity index (χ3n) is 20.0. The van der Waals surface area contributed by atoms with Gasteiger partial charge in [-0.15, -0.1) is 0 Å². The maximum absolute atomic E-state index is 15.2. The second kappa shape index (κ2) is 47.2. The van der Waals surface area contributed by atoms with Gasteiger partial charge in [-0.1, -0.05) is 95.9 Å². The van der Waals surface area contributed by atoms with E-state index in [1.165, 1.54) is 34.6 Å². The Morgan fingerprint density at radius 1 is 0.604 bits per heavy atom. The molecular formula is C71H125N17O23. The van der Waals surface area contributed by atoms with Crippen molar-refractivity contribution >= 4 is 100 Å². The molecule has 40 heteroatoms. The zero-order valence-electron chi connectivity index (χ0n) is 67.0. The predicted octanol–water partition coefficient (Wildman–Crippen LogP) is -6.86. The summed E-state index contributed by atoms with van der Waals surface area (Å²) in [5, 5.41) is 69.6. The average Bonchev–Trinajstić information content (AvgIpc) is 0.997. The number of primary amides is 4. The van der Waals surface area contributed by atoms with Crippen molar-refractivity contribution in [2.75, 3.05) is 34.3 Å². The van der Waals surface area contributed by atoms with Gasteiger partial charge in [0.05, 0.1) is 24.2 Å². The van der Waals surface area contributed by atoms with Crippen LogP contribution in [-0.2, 0) is 91.0 Å². The van der Waals surface area contributed by atoms with Crippen molar-refractivity contribution in [2.45, 2.75) is 265 Å². The number of hydrogen-bond acceptors (Lipinski definition) is 24. The lowest BCUT2D eigenvalue weighted by atomic mass is 9.85. The van der Waals surface area contributed by atoms with Crippen LogP contribution < -0.4 is 81.8 Å². The quantitative estimate of drug-likeness (QED) is 0.0203. The fourth-order valence-corrected chi connectivity index (χ4v) is 12.2. The molecule has 1 heterocycles. The largest absolute Gasteiger partial charge is 0.458 e. The zero-order chi connectivity index (χ0) is 85.7. The Morgan fingerprint density at radius 3 is 1.66 bits per heavy atom. The lowest BCUT2D eigenvalue weighted by molar-refractivity contribution is -0.163. The van der Waals surface area contributed by atoms with Crippen LogP contribution in [0.1, 0.15) is 162 Å². The van der Waals surface area contributed by atoms with Crippen LogP contribution in [0.3, 0.4) is 0 Å². The summed E-state index contributed by atoms with van der Waals surface area (Å²) in [6.07, 6.45) is -12.5. The molecule has 0 spiro atoms. The van der Waals surface area contributed by atoms with Gasteiger partial charge in [-0.05, 0) is 94.4 Å². The molecule has 40 nitrogen and oxygen atoms in total. The van der Waals surface area contributed by atoms with Crippen LogP contribution in [0.5, 0.6) is 0 Å². The van der Waals surface area contributed by atoms with E-state index in [1.807, 2.05) is 19.2 Å². The fraction of sp³-hybridized carbons (Fsp3) is 0.761. The summed E-state index contributed by atoms with van der Waals surface area (Å²) in [5.41, 5.74) is 28.5. The highest BCUT2D eigenvalue weighted by atomic mass is 16.5. The molecule has 1 aliphatic rings. The van der Waals surface area contributed by atoms with Crippen LogP contribution >= 0.6 is 0 Å². The maximum atomic E-state index is 15.2. The van der Waals surface area contributed by atoms with Crippen molar-refractivity contribution in [3.8, 4) is 0 Å². The lowest BCUT2D eigenvalue weighted by Crippen LogP contribution is -2.65. The van der Waals surface area contributed by atoms with Gasteiger partial charge < -0.3 is 122 Å². The number of aliphatic hydroxyl groups is 4. The minimum absolute atomic E-state index is 0.00958. The number of amides is 16. The van der Waals surface area contributed by atoms with Gasteiger partial charge in [0.15, 0.2) is 18.2 Å². The molecule has 23 unspecified atom stereocenters. The number of nitrogens with two attached hydrogens (primary N) is 5. The number of aliphatic hydroxyl groups excluding tert-OH is 4. The van der Waals surface area contributed by atoms with E-state index in [0.717, 1.165) is 53.3 Å². The number of ether oxygens (including phenoxy) is 2. The second-order valence-electron chi connectivity index (χ2n) is 29.9. The van der Waals surface area contributed by atoms with Gasteiger partial charge >= 0.3 is 5.97 Å². The van der Waals surface area contributed by atoms with E-state index in [4.69, 9.17) is 38.1 Å². The third kappa shape index (κ3) is 30.7. The Morgan fingerprint density at radius 2 is 1.16 bits per heavy atom. The average molecular weight is 1580 g/mol. The molecule has 0 radical (unpaired) electrons. The molecule has 632 valence electrons. The first-order valence-electron chi connectivity index (χ1n) is 37.3. The van der Waals surface area contributed by atoms with Crippen molar-refractivity contribution in [2.24, 2.45) is 76.0 Å². The maximum Gasteiger partial charge on any atom is 0.329 e. The van der Waals surface area contributed by atoms with Gasteiger partial charge in [0.25, 0.3) is 11.8 Å². The van der Waals surface area contributed by atoms with Gasteiger partial charge in [0.2, 0.25) is 82.7 Å². The van der Waals surface area contributed by atoms with Crippen molar-refractivity contribution < 1.29 is 111 Å². The van der Waals surface area contributed by atoms with E-state index in [9.17, 15) is 92.3 Å². The summed E-state index contributed by atoms with van der Waals surface area (Å²) >= 11 is 0. The highest BCUT2D eigenvalue weighted by molar-refractivity contribution is 6.09. The van der Waals surface area contributed by atoms with Crippen LogP contribution in [0.25, 0.3) is 0 Å². The van der Waals surface area contributed by atoms with Crippen molar-refractivity contribution in [1.82, 2.24) is 63.0 Å². The molecule has 23 atom stereocenters. The molecule has 0 aromatic carbocycles. The Hall–Kier alpha value is -9.25.